The average molecular weight is 875 g/mol. The van der Waals surface area contributed by atoms with Gasteiger partial charge < -0.3 is 28.4 Å². The van der Waals surface area contributed by atoms with Gasteiger partial charge in [-0.05, 0) is 72.1 Å². The van der Waals surface area contributed by atoms with Crippen LogP contribution in [0.4, 0.5) is 11.4 Å². The Morgan fingerprint density at radius 2 is 0.955 bits per heavy atom. The fourth-order valence-electron chi connectivity index (χ4n) is 10.4. The summed E-state index contributed by atoms with van der Waals surface area (Å²) in [6.07, 6.45) is 8.07. The highest BCUT2D eigenvalue weighted by Crippen LogP contribution is 2.51. The van der Waals surface area contributed by atoms with Crippen LogP contribution in [0.1, 0.15) is 61.0 Å². The number of hydrogen-bond donors (Lipinski definition) is 0. The van der Waals surface area contributed by atoms with E-state index in [-0.39, 0.29) is 35.0 Å². The zero-order chi connectivity index (χ0) is 44.5. The maximum atomic E-state index is 14.1. The highest BCUT2D eigenvalue weighted by Gasteiger charge is 2.43. The Hall–Kier alpha value is -7.60. The van der Waals surface area contributed by atoms with Crippen LogP contribution in [0.5, 0.6) is 0 Å². The number of rotatable bonds is 10. The molecule has 12 nitrogen and oxygen atoms in total. The third-order valence-electron chi connectivity index (χ3n) is 14.0. The second-order valence-corrected chi connectivity index (χ2v) is 18.1. The monoisotopic (exact) mass is 874 g/mol. The molecule has 328 valence electrons. The lowest BCUT2D eigenvalue weighted by molar-refractivity contribution is -0.144. The fourth-order valence-corrected chi connectivity index (χ4v) is 10.4. The lowest BCUT2D eigenvalue weighted by atomic mass is 10.1. The van der Waals surface area contributed by atoms with Gasteiger partial charge in [0, 0.05) is 96.6 Å². The molecule has 12 rings (SSSR count). The van der Waals surface area contributed by atoms with Gasteiger partial charge in [-0.3, -0.25) is 19.6 Å². The van der Waals surface area contributed by atoms with Gasteiger partial charge in [-0.1, -0.05) is 72.8 Å². The SMILES string of the molecule is O=C(/C=C/C(=O)O[C@@H]1CCN(c2cccc3ccn(C4CC4c4ccc5ccccc5n4)c(=O)c23)C1)O[C@@H]1CCN(c2cccc3ccn(C4CC4c4ccc5ccccc5n4)c(=O)c23)C1. The number of ether oxygens (including phenoxy) is 2. The summed E-state index contributed by atoms with van der Waals surface area (Å²) in [5.41, 5.74) is 5.46. The standard InChI is InChI=1S/C54H46N6O6/c61-49(65-37-23-25-57(31-37)45-13-5-9-35-21-27-59(53(63)51(35)45)47-29-39(47)43-17-15-33-7-1-3-11-41(33)55-43)19-20-50(62)66-38-24-26-58(32-38)46-14-6-10-36-22-28-60(54(64)52(36)46)48-30-40(48)44-18-16-34-8-2-4-12-42(34)56-44/h1-22,27-28,37-40,47-48H,23-26,29-32H2/b20-19+/t37-,38-,39?,40?,47?,48?/m1/s1. The summed E-state index contributed by atoms with van der Waals surface area (Å²) in [7, 11) is 0. The lowest BCUT2D eigenvalue weighted by Crippen LogP contribution is -2.27. The summed E-state index contributed by atoms with van der Waals surface area (Å²) in [6, 6.07) is 40.3. The maximum Gasteiger partial charge on any atom is 0.331 e. The van der Waals surface area contributed by atoms with E-state index in [4.69, 9.17) is 19.4 Å². The number of aromatic nitrogens is 4. The number of fused-ring (bicyclic) bond motifs is 4. The van der Waals surface area contributed by atoms with Gasteiger partial charge in [-0.15, -0.1) is 0 Å². The van der Waals surface area contributed by atoms with E-state index >= 15 is 0 Å². The number of carbonyl (C=O) groups excluding carboxylic acids is 2. The van der Waals surface area contributed by atoms with E-state index in [1.54, 1.807) is 0 Å². The van der Waals surface area contributed by atoms with Crippen molar-refractivity contribution in [2.45, 2.75) is 61.8 Å². The molecule has 2 aliphatic heterocycles. The van der Waals surface area contributed by atoms with Crippen molar-refractivity contribution in [1.82, 2.24) is 19.1 Å². The number of benzene rings is 4. The molecular weight excluding hydrogens is 829 g/mol. The molecule has 4 fully saturated rings. The molecule has 0 amide bonds. The molecule has 4 aromatic heterocycles. The summed E-state index contributed by atoms with van der Waals surface area (Å²) in [5, 5.41) is 5.21. The first-order valence-electron chi connectivity index (χ1n) is 22.9. The Kier molecular flexibility index (Phi) is 9.76. The Bertz CT molecular complexity index is 3190. The minimum Gasteiger partial charge on any atom is -0.457 e. The predicted molar refractivity (Wildman–Crippen MR) is 255 cm³/mol. The molecule has 6 atom stereocenters. The zero-order valence-electron chi connectivity index (χ0n) is 36.1. The van der Waals surface area contributed by atoms with Crippen molar-refractivity contribution < 1.29 is 19.1 Å². The van der Waals surface area contributed by atoms with Crippen LogP contribution in [0.2, 0.25) is 0 Å². The summed E-state index contributed by atoms with van der Waals surface area (Å²) in [4.78, 5) is 68.3. The van der Waals surface area contributed by atoms with Gasteiger partial charge in [0.15, 0.2) is 0 Å². The van der Waals surface area contributed by atoms with Gasteiger partial charge in [0.1, 0.15) is 12.2 Å². The van der Waals surface area contributed by atoms with Crippen molar-refractivity contribution in [3.05, 3.63) is 178 Å². The molecule has 8 aromatic rings. The van der Waals surface area contributed by atoms with Crippen LogP contribution in [0.15, 0.2) is 155 Å². The molecule has 12 heteroatoms. The average Bonchev–Trinajstić information content (AvgIpc) is 4.22. The molecule has 2 aliphatic carbocycles. The summed E-state index contributed by atoms with van der Waals surface area (Å²) < 4.78 is 15.3. The Labute approximate surface area is 379 Å². The fraction of sp³-hybridized carbons (Fsp3) is 0.259. The molecule has 0 bridgehead atoms. The minimum absolute atomic E-state index is 0.0347. The van der Waals surface area contributed by atoms with Gasteiger partial charge >= 0.3 is 11.9 Å². The minimum atomic E-state index is -0.629. The molecule has 4 aliphatic rings. The second-order valence-electron chi connectivity index (χ2n) is 18.1. The topological polar surface area (TPSA) is 129 Å². The van der Waals surface area contributed by atoms with Crippen LogP contribution in [0.25, 0.3) is 43.4 Å². The number of nitrogens with zero attached hydrogens (tertiary/aromatic N) is 6. The largest absolute Gasteiger partial charge is 0.457 e. The summed E-state index contributed by atoms with van der Waals surface area (Å²) >= 11 is 0. The first-order chi connectivity index (χ1) is 32.3. The van der Waals surface area contributed by atoms with E-state index in [1.165, 1.54) is 0 Å². The normalized spacial score (nSPS) is 22.5. The Morgan fingerprint density at radius 1 is 0.515 bits per heavy atom. The van der Waals surface area contributed by atoms with E-state index in [0.717, 1.165) is 80.3 Å². The van der Waals surface area contributed by atoms with E-state index in [0.29, 0.717) is 49.8 Å². The van der Waals surface area contributed by atoms with Crippen LogP contribution in [0.3, 0.4) is 0 Å². The molecule has 0 N–H and O–H groups in total. The number of pyridine rings is 4. The molecule has 4 aromatic carbocycles. The van der Waals surface area contributed by atoms with Crippen molar-refractivity contribution >= 4 is 66.7 Å². The van der Waals surface area contributed by atoms with Crippen molar-refractivity contribution in [2.75, 3.05) is 36.0 Å². The first kappa shape index (κ1) is 40.0. The van der Waals surface area contributed by atoms with E-state index in [2.05, 4.69) is 46.2 Å². The smallest absolute Gasteiger partial charge is 0.331 e. The van der Waals surface area contributed by atoms with Crippen LogP contribution in [0, 0.1) is 0 Å². The number of para-hydroxylation sites is 2. The predicted octanol–water partition coefficient (Wildman–Crippen LogP) is 8.37. The van der Waals surface area contributed by atoms with Crippen molar-refractivity contribution in [2.24, 2.45) is 0 Å². The molecule has 0 radical (unpaired) electrons. The van der Waals surface area contributed by atoms with Crippen molar-refractivity contribution in [3.8, 4) is 0 Å². The molecular formula is C54H46N6O6. The quantitative estimate of drug-likeness (QED) is 0.0977. The van der Waals surface area contributed by atoms with Gasteiger partial charge in [-0.25, -0.2) is 9.59 Å². The molecule has 6 heterocycles. The third kappa shape index (κ3) is 7.36. The zero-order valence-corrected chi connectivity index (χ0v) is 36.1. The number of carbonyl (C=O) groups is 2. The van der Waals surface area contributed by atoms with Gasteiger partial charge in [-0.2, -0.15) is 0 Å². The first-order valence-corrected chi connectivity index (χ1v) is 22.9. The van der Waals surface area contributed by atoms with Crippen LogP contribution < -0.4 is 20.9 Å². The van der Waals surface area contributed by atoms with Crippen LogP contribution in [-0.4, -0.2) is 69.4 Å². The number of esters is 2. The van der Waals surface area contributed by atoms with E-state index < -0.39 is 24.1 Å². The van der Waals surface area contributed by atoms with Crippen molar-refractivity contribution in [1.29, 1.82) is 0 Å². The lowest BCUT2D eigenvalue weighted by Gasteiger charge is -2.21. The van der Waals surface area contributed by atoms with Crippen LogP contribution in [-0.2, 0) is 19.1 Å². The highest BCUT2D eigenvalue weighted by molar-refractivity contribution is 5.95. The van der Waals surface area contributed by atoms with E-state index in [1.807, 2.05) is 106 Å². The Balaban J connectivity index is 0.665. The molecule has 2 saturated heterocycles. The molecule has 0 spiro atoms. The highest BCUT2D eigenvalue weighted by atomic mass is 16.6. The maximum absolute atomic E-state index is 14.1. The van der Waals surface area contributed by atoms with Gasteiger partial charge in [0.2, 0.25) is 0 Å². The van der Waals surface area contributed by atoms with Gasteiger partial charge in [0.05, 0.1) is 46.3 Å². The molecule has 2 saturated carbocycles. The van der Waals surface area contributed by atoms with Crippen LogP contribution >= 0.6 is 0 Å². The Morgan fingerprint density at radius 3 is 1.42 bits per heavy atom. The number of anilines is 2. The van der Waals surface area contributed by atoms with Gasteiger partial charge in [0.25, 0.3) is 11.1 Å². The summed E-state index contributed by atoms with van der Waals surface area (Å²) in [6.45, 7) is 2.06. The molecule has 4 unspecified atom stereocenters. The summed E-state index contributed by atoms with van der Waals surface area (Å²) in [5.74, 6) is -0.918. The van der Waals surface area contributed by atoms with Crippen molar-refractivity contribution in [3.63, 3.8) is 0 Å². The number of hydrogen-bond acceptors (Lipinski definition) is 10. The van der Waals surface area contributed by atoms with E-state index in [9.17, 15) is 19.2 Å². The third-order valence-corrected chi connectivity index (χ3v) is 14.0. The second kappa shape index (κ2) is 16.1. The molecule has 66 heavy (non-hydrogen) atoms.